The van der Waals surface area contributed by atoms with Crippen molar-refractivity contribution in [2.24, 2.45) is 0 Å². The molecule has 2 aromatic heterocycles. The van der Waals surface area contributed by atoms with E-state index in [0.29, 0.717) is 22.2 Å². The zero-order chi connectivity index (χ0) is 19.0. The van der Waals surface area contributed by atoms with Gasteiger partial charge >= 0.3 is 0 Å². The molecule has 1 aliphatic carbocycles. The fraction of sp³-hybridized carbons (Fsp3) is 0.238. The molecule has 1 aromatic carbocycles. The second-order valence-electron chi connectivity index (χ2n) is 6.83. The van der Waals surface area contributed by atoms with Crippen LogP contribution in [0.5, 0.6) is 11.5 Å². The van der Waals surface area contributed by atoms with Gasteiger partial charge in [-0.05, 0) is 69.2 Å². The highest BCUT2D eigenvalue weighted by Crippen LogP contribution is 2.53. The van der Waals surface area contributed by atoms with E-state index in [-0.39, 0.29) is 5.41 Å². The van der Waals surface area contributed by atoms with E-state index in [1.807, 2.05) is 47.9 Å². The molecule has 1 saturated carbocycles. The Kier molecular flexibility index (Phi) is 4.70. The molecule has 0 amide bonds. The Bertz CT molecular complexity index is 1040. The number of benzene rings is 1. The van der Waals surface area contributed by atoms with Gasteiger partial charge in [-0.1, -0.05) is 34.9 Å². The van der Waals surface area contributed by atoms with Gasteiger partial charge in [0, 0.05) is 16.3 Å². The van der Waals surface area contributed by atoms with Crippen molar-refractivity contribution in [3.05, 3.63) is 76.2 Å². The fourth-order valence-electron chi connectivity index (χ4n) is 3.25. The van der Waals surface area contributed by atoms with Gasteiger partial charge in [-0.25, -0.2) is 0 Å². The highest BCUT2D eigenvalue weighted by molar-refractivity contribution is 6.30. The van der Waals surface area contributed by atoms with Crippen molar-refractivity contribution < 1.29 is 4.74 Å². The number of aromatic nitrogens is 3. The predicted molar refractivity (Wildman–Crippen MR) is 109 cm³/mol. The molecule has 4 nitrogen and oxygen atoms in total. The van der Waals surface area contributed by atoms with Gasteiger partial charge in [-0.2, -0.15) is 0 Å². The summed E-state index contributed by atoms with van der Waals surface area (Å²) in [4.78, 5) is 0. The van der Waals surface area contributed by atoms with E-state index in [1.54, 1.807) is 12.1 Å². The molecule has 2 heterocycles. The van der Waals surface area contributed by atoms with Crippen molar-refractivity contribution in [2.75, 3.05) is 0 Å². The topological polar surface area (TPSA) is 39.4 Å². The van der Waals surface area contributed by atoms with Crippen LogP contribution in [0.3, 0.4) is 0 Å². The van der Waals surface area contributed by atoms with E-state index in [9.17, 15) is 0 Å². The van der Waals surface area contributed by atoms with Crippen LogP contribution in [-0.4, -0.2) is 14.6 Å². The highest BCUT2D eigenvalue weighted by atomic mass is 35.5. The minimum absolute atomic E-state index is 0.0822. The molecule has 0 N–H and O–H groups in total. The van der Waals surface area contributed by atoms with E-state index in [0.717, 1.165) is 23.7 Å². The first kappa shape index (κ1) is 18.1. The molecular weight excluding hydrogens is 381 g/mol. The van der Waals surface area contributed by atoms with Crippen molar-refractivity contribution in [3.8, 4) is 11.5 Å². The summed E-state index contributed by atoms with van der Waals surface area (Å²) in [7, 11) is 0. The largest absolute Gasteiger partial charge is 0.453 e. The van der Waals surface area contributed by atoms with Crippen molar-refractivity contribution >= 4 is 28.8 Å². The maximum atomic E-state index is 6.01. The lowest BCUT2D eigenvalue weighted by Crippen LogP contribution is -2.13. The number of nitrogens with zero attached hydrogens (tertiary/aromatic N) is 3. The number of allylic oxidation sites excluding steroid dienone is 4. The normalized spacial score (nSPS) is 16.6. The van der Waals surface area contributed by atoms with Gasteiger partial charge in [-0.3, -0.25) is 4.40 Å². The standard InChI is InChI=1S/C21H19Cl2N3O/c1-14(5-6-15(2)22)21(11-12-21)20-25-24-19-18(4-3-13-26(19)20)27-17-9-7-16(23)8-10-17/h3-10,13H,11-12H2,1-2H3/b14-5+,15-6+. The van der Waals surface area contributed by atoms with Crippen molar-refractivity contribution in [1.29, 1.82) is 0 Å². The Morgan fingerprint density at radius 1 is 1.11 bits per heavy atom. The minimum atomic E-state index is -0.0822. The molecule has 0 atom stereocenters. The Balaban J connectivity index is 1.72. The molecular formula is C21H19Cl2N3O. The quantitative estimate of drug-likeness (QED) is 0.472. The maximum absolute atomic E-state index is 6.01. The molecule has 0 unspecified atom stereocenters. The van der Waals surface area contributed by atoms with Gasteiger partial charge in [0.2, 0.25) is 5.65 Å². The van der Waals surface area contributed by atoms with Gasteiger partial charge in [0.15, 0.2) is 5.75 Å². The maximum Gasteiger partial charge on any atom is 0.203 e. The van der Waals surface area contributed by atoms with Gasteiger partial charge < -0.3 is 4.74 Å². The SMILES string of the molecule is C/C(Cl)=C\C=C(/C)C1(c2nnc3c(Oc4ccc(Cl)cc4)cccn23)CC1. The van der Waals surface area contributed by atoms with Crippen LogP contribution < -0.4 is 4.74 Å². The molecule has 1 aliphatic rings. The number of rotatable bonds is 5. The Morgan fingerprint density at radius 2 is 1.85 bits per heavy atom. The van der Waals surface area contributed by atoms with E-state index in [1.165, 1.54) is 5.57 Å². The van der Waals surface area contributed by atoms with Crippen LogP contribution in [0.25, 0.3) is 5.65 Å². The third-order valence-electron chi connectivity index (χ3n) is 4.94. The lowest BCUT2D eigenvalue weighted by Gasteiger charge is -2.14. The predicted octanol–water partition coefficient (Wildman–Crippen LogP) is 6.30. The first-order valence-corrected chi connectivity index (χ1v) is 9.54. The average molecular weight is 400 g/mol. The summed E-state index contributed by atoms with van der Waals surface area (Å²) in [6.45, 7) is 4.00. The number of fused-ring (bicyclic) bond motifs is 1. The van der Waals surface area contributed by atoms with Gasteiger partial charge in [0.1, 0.15) is 11.6 Å². The Morgan fingerprint density at radius 3 is 2.52 bits per heavy atom. The highest BCUT2D eigenvalue weighted by Gasteiger charge is 2.49. The molecule has 4 rings (SSSR count). The fourth-order valence-corrected chi connectivity index (χ4v) is 3.43. The van der Waals surface area contributed by atoms with Crippen molar-refractivity contribution in [2.45, 2.75) is 32.1 Å². The van der Waals surface area contributed by atoms with E-state index < -0.39 is 0 Å². The van der Waals surface area contributed by atoms with Crippen LogP contribution in [-0.2, 0) is 5.41 Å². The summed E-state index contributed by atoms with van der Waals surface area (Å²) in [6.07, 6.45) is 8.08. The van der Waals surface area contributed by atoms with Crippen LogP contribution in [0.15, 0.2) is 65.4 Å². The van der Waals surface area contributed by atoms with Gasteiger partial charge in [-0.15, -0.1) is 10.2 Å². The summed E-state index contributed by atoms with van der Waals surface area (Å²) in [5.41, 5.74) is 1.85. The summed E-state index contributed by atoms with van der Waals surface area (Å²) < 4.78 is 8.03. The van der Waals surface area contributed by atoms with Crippen molar-refractivity contribution in [1.82, 2.24) is 14.6 Å². The molecule has 0 aliphatic heterocycles. The molecule has 0 radical (unpaired) electrons. The first-order chi connectivity index (χ1) is 13.0. The molecule has 3 aromatic rings. The second-order valence-corrected chi connectivity index (χ2v) is 7.86. The van der Waals surface area contributed by atoms with Crippen LogP contribution in [0, 0.1) is 0 Å². The smallest absolute Gasteiger partial charge is 0.203 e. The third kappa shape index (κ3) is 3.47. The molecule has 27 heavy (non-hydrogen) atoms. The summed E-state index contributed by atoms with van der Waals surface area (Å²) >= 11 is 11.9. The van der Waals surface area contributed by atoms with Gasteiger partial charge in [0.05, 0.1) is 5.41 Å². The van der Waals surface area contributed by atoms with Gasteiger partial charge in [0.25, 0.3) is 0 Å². The lowest BCUT2D eigenvalue weighted by molar-refractivity contribution is 0.484. The molecule has 0 spiro atoms. The molecule has 0 saturated heterocycles. The van der Waals surface area contributed by atoms with E-state index in [4.69, 9.17) is 27.9 Å². The second kappa shape index (κ2) is 7.02. The van der Waals surface area contributed by atoms with Crippen molar-refractivity contribution in [3.63, 3.8) is 0 Å². The molecule has 6 heteroatoms. The van der Waals surface area contributed by atoms with Crippen LogP contribution in [0.2, 0.25) is 5.02 Å². The van der Waals surface area contributed by atoms with Crippen LogP contribution in [0.4, 0.5) is 0 Å². The summed E-state index contributed by atoms with van der Waals surface area (Å²) in [6, 6.07) is 11.1. The Hall–Kier alpha value is -2.30. The lowest BCUT2D eigenvalue weighted by atomic mass is 9.95. The zero-order valence-electron chi connectivity index (χ0n) is 15.1. The summed E-state index contributed by atoms with van der Waals surface area (Å²) in [5.74, 6) is 2.30. The third-order valence-corrected chi connectivity index (χ3v) is 5.31. The van der Waals surface area contributed by atoms with Crippen LogP contribution in [0.1, 0.15) is 32.5 Å². The van der Waals surface area contributed by atoms with Crippen LogP contribution >= 0.6 is 23.2 Å². The van der Waals surface area contributed by atoms with E-state index in [2.05, 4.69) is 23.2 Å². The average Bonchev–Trinajstić information content (AvgIpc) is 3.34. The molecule has 0 bridgehead atoms. The number of ether oxygens (including phenoxy) is 1. The zero-order valence-corrected chi connectivity index (χ0v) is 16.6. The number of hydrogen-bond acceptors (Lipinski definition) is 3. The number of halogens is 2. The molecule has 138 valence electrons. The summed E-state index contributed by atoms with van der Waals surface area (Å²) in [5, 5.41) is 10.4. The monoisotopic (exact) mass is 399 g/mol. The first-order valence-electron chi connectivity index (χ1n) is 8.78. The minimum Gasteiger partial charge on any atom is -0.453 e. The number of pyridine rings is 1. The van der Waals surface area contributed by atoms with E-state index >= 15 is 0 Å². The molecule has 1 fully saturated rings. The number of hydrogen-bond donors (Lipinski definition) is 0. The Labute approximate surface area is 168 Å².